The summed E-state index contributed by atoms with van der Waals surface area (Å²) in [5.74, 6) is 1.25. The van der Waals surface area contributed by atoms with Crippen molar-refractivity contribution in [2.75, 3.05) is 6.61 Å². The first-order valence-corrected chi connectivity index (χ1v) is 5.72. The van der Waals surface area contributed by atoms with E-state index in [0.29, 0.717) is 12.3 Å². The van der Waals surface area contributed by atoms with Crippen molar-refractivity contribution in [2.45, 2.75) is 13.5 Å². The number of benzene rings is 1. The first-order valence-electron chi connectivity index (χ1n) is 5.72. The molecule has 1 aromatic heterocycles. The molecule has 0 aliphatic carbocycles. The topological polar surface area (TPSA) is 51.5 Å². The molecular formula is C14H15NO3. The van der Waals surface area contributed by atoms with Gasteiger partial charge in [-0.3, -0.25) is 4.79 Å². The van der Waals surface area contributed by atoms with Gasteiger partial charge < -0.3 is 14.5 Å². The summed E-state index contributed by atoms with van der Waals surface area (Å²) in [6, 6.07) is 11.2. The Morgan fingerprint density at radius 1 is 1.33 bits per heavy atom. The van der Waals surface area contributed by atoms with Gasteiger partial charge in [0.2, 0.25) is 0 Å². The highest BCUT2D eigenvalue weighted by Crippen LogP contribution is 2.11. The SMILES string of the molecule is Cc1cccc(OCC(=O)NCc2ccco2)c1. The van der Waals surface area contributed by atoms with Crippen LogP contribution in [-0.4, -0.2) is 12.5 Å². The summed E-state index contributed by atoms with van der Waals surface area (Å²) < 4.78 is 10.5. The Morgan fingerprint density at radius 2 is 2.22 bits per heavy atom. The molecule has 0 spiro atoms. The third kappa shape index (κ3) is 3.66. The Bertz CT molecular complexity index is 506. The zero-order valence-electron chi connectivity index (χ0n) is 10.2. The highest BCUT2D eigenvalue weighted by atomic mass is 16.5. The molecule has 0 radical (unpaired) electrons. The molecule has 1 aromatic carbocycles. The van der Waals surface area contributed by atoms with Crippen molar-refractivity contribution in [1.29, 1.82) is 0 Å². The molecule has 1 N–H and O–H groups in total. The molecule has 18 heavy (non-hydrogen) atoms. The van der Waals surface area contributed by atoms with Crippen molar-refractivity contribution in [1.82, 2.24) is 5.32 Å². The van der Waals surface area contributed by atoms with Gasteiger partial charge in [0.1, 0.15) is 11.5 Å². The van der Waals surface area contributed by atoms with E-state index in [9.17, 15) is 4.79 Å². The summed E-state index contributed by atoms with van der Waals surface area (Å²) in [7, 11) is 0. The minimum atomic E-state index is -0.173. The molecule has 1 amide bonds. The number of aryl methyl sites for hydroxylation is 1. The number of furan rings is 1. The number of rotatable bonds is 5. The van der Waals surface area contributed by atoms with Gasteiger partial charge in [0.05, 0.1) is 12.8 Å². The monoisotopic (exact) mass is 245 g/mol. The second kappa shape index (κ2) is 5.91. The molecule has 0 aliphatic heterocycles. The molecule has 94 valence electrons. The molecule has 4 heteroatoms. The van der Waals surface area contributed by atoms with Gasteiger partial charge >= 0.3 is 0 Å². The van der Waals surface area contributed by atoms with Crippen LogP contribution in [-0.2, 0) is 11.3 Å². The van der Waals surface area contributed by atoms with E-state index in [-0.39, 0.29) is 12.5 Å². The zero-order valence-corrected chi connectivity index (χ0v) is 10.2. The van der Waals surface area contributed by atoms with E-state index in [1.165, 1.54) is 0 Å². The van der Waals surface area contributed by atoms with E-state index in [1.807, 2.05) is 37.3 Å². The number of amides is 1. The van der Waals surface area contributed by atoms with Crippen LogP contribution < -0.4 is 10.1 Å². The lowest BCUT2D eigenvalue weighted by atomic mass is 10.2. The minimum Gasteiger partial charge on any atom is -0.484 e. The quantitative estimate of drug-likeness (QED) is 0.879. The Morgan fingerprint density at radius 3 is 2.94 bits per heavy atom. The summed E-state index contributed by atoms with van der Waals surface area (Å²) in [5.41, 5.74) is 1.10. The van der Waals surface area contributed by atoms with Crippen LogP contribution >= 0.6 is 0 Å². The van der Waals surface area contributed by atoms with Crippen molar-refractivity contribution in [3.63, 3.8) is 0 Å². The van der Waals surface area contributed by atoms with E-state index in [2.05, 4.69) is 5.32 Å². The van der Waals surface area contributed by atoms with Crippen LogP contribution in [0.5, 0.6) is 5.75 Å². The Kier molecular flexibility index (Phi) is 4.02. The van der Waals surface area contributed by atoms with Crippen LogP contribution in [0.2, 0.25) is 0 Å². The summed E-state index contributed by atoms with van der Waals surface area (Å²) >= 11 is 0. The Balaban J connectivity index is 1.75. The predicted molar refractivity (Wildman–Crippen MR) is 67.2 cm³/mol. The number of carbonyl (C=O) groups excluding carboxylic acids is 1. The molecule has 0 bridgehead atoms. The summed E-state index contributed by atoms with van der Waals surface area (Å²) in [6.07, 6.45) is 1.57. The second-order valence-electron chi connectivity index (χ2n) is 3.96. The third-order valence-corrected chi connectivity index (χ3v) is 2.40. The van der Waals surface area contributed by atoms with Crippen molar-refractivity contribution in [3.05, 3.63) is 54.0 Å². The van der Waals surface area contributed by atoms with Gasteiger partial charge in [0.25, 0.3) is 5.91 Å². The van der Waals surface area contributed by atoms with Crippen molar-refractivity contribution >= 4 is 5.91 Å². The van der Waals surface area contributed by atoms with Crippen LogP contribution in [0, 0.1) is 6.92 Å². The fraction of sp³-hybridized carbons (Fsp3) is 0.214. The molecular weight excluding hydrogens is 230 g/mol. The minimum absolute atomic E-state index is 0.00413. The lowest BCUT2D eigenvalue weighted by Gasteiger charge is -2.07. The van der Waals surface area contributed by atoms with Crippen LogP contribution in [0.3, 0.4) is 0 Å². The maximum Gasteiger partial charge on any atom is 0.258 e. The lowest BCUT2D eigenvalue weighted by molar-refractivity contribution is -0.123. The van der Waals surface area contributed by atoms with E-state index in [0.717, 1.165) is 11.3 Å². The average molecular weight is 245 g/mol. The predicted octanol–water partition coefficient (Wildman–Crippen LogP) is 2.28. The van der Waals surface area contributed by atoms with Crippen LogP contribution in [0.15, 0.2) is 47.1 Å². The van der Waals surface area contributed by atoms with Crippen LogP contribution in [0.4, 0.5) is 0 Å². The molecule has 0 aliphatic rings. The maximum absolute atomic E-state index is 11.5. The largest absolute Gasteiger partial charge is 0.484 e. The van der Waals surface area contributed by atoms with Crippen molar-refractivity contribution in [3.8, 4) is 5.75 Å². The number of ether oxygens (including phenoxy) is 1. The fourth-order valence-corrected chi connectivity index (χ4v) is 1.50. The van der Waals surface area contributed by atoms with Gasteiger partial charge in [0, 0.05) is 0 Å². The molecule has 4 nitrogen and oxygen atoms in total. The van der Waals surface area contributed by atoms with Crippen molar-refractivity contribution in [2.24, 2.45) is 0 Å². The molecule has 0 atom stereocenters. The smallest absolute Gasteiger partial charge is 0.258 e. The highest BCUT2D eigenvalue weighted by molar-refractivity contribution is 5.77. The molecule has 0 saturated heterocycles. The van der Waals surface area contributed by atoms with E-state index < -0.39 is 0 Å². The second-order valence-corrected chi connectivity index (χ2v) is 3.96. The number of hydrogen-bond donors (Lipinski definition) is 1. The molecule has 1 heterocycles. The molecule has 0 unspecified atom stereocenters. The third-order valence-electron chi connectivity index (χ3n) is 2.40. The zero-order chi connectivity index (χ0) is 12.8. The van der Waals surface area contributed by atoms with Crippen molar-refractivity contribution < 1.29 is 13.9 Å². The maximum atomic E-state index is 11.5. The number of hydrogen-bond acceptors (Lipinski definition) is 3. The first kappa shape index (κ1) is 12.2. The normalized spacial score (nSPS) is 10.1. The molecule has 2 rings (SSSR count). The molecule has 0 saturated carbocycles. The van der Waals surface area contributed by atoms with Crippen LogP contribution in [0.1, 0.15) is 11.3 Å². The van der Waals surface area contributed by atoms with Gasteiger partial charge in [-0.15, -0.1) is 0 Å². The molecule has 0 fully saturated rings. The summed E-state index contributed by atoms with van der Waals surface area (Å²) in [4.78, 5) is 11.5. The Hall–Kier alpha value is -2.23. The Labute approximate surface area is 106 Å². The van der Waals surface area contributed by atoms with Gasteiger partial charge in [-0.1, -0.05) is 12.1 Å². The van der Waals surface area contributed by atoms with Gasteiger partial charge in [-0.05, 0) is 36.8 Å². The van der Waals surface area contributed by atoms with E-state index in [4.69, 9.17) is 9.15 Å². The van der Waals surface area contributed by atoms with Gasteiger partial charge in [-0.25, -0.2) is 0 Å². The van der Waals surface area contributed by atoms with Crippen LogP contribution in [0.25, 0.3) is 0 Å². The standard InChI is InChI=1S/C14H15NO3/c1-11-4-2-5-12(8-11)18-10-14(16)15-9-13-6-3-7-17-13/h2-8H,9-10H2,1H3,(H,15,16). The number of nitrogens with one attached hydrogen (secondary N) is 1. The first-order chi connectivity index (χ1) is 8.74. The highest BCUT2D eigenvalue weighted by Gasteiger charge is 2.03. The van der Waals surface area contributed by atoms with E-state index >= 15 is 0 Å². The van der Waals surface area contributed by atoms with Gasteiger partial charge in [-0.2, -0.15) is 0 Å². The van der Waals surface area contributed by atoms with Gasteiger partial charge in [0.15, 0.2) is 6.61 Å². The number of carbonyl (C=O) groups is 1. The average Bonchev–Trinajstić information content (AvgIpc) is 2.87. The lowest BCUT2D eigenvalue weighted by Crippen LogP contribution is -2.28. The summed E-state index contributed by atoms with van der Waals surface area (Å²) in [5, 5.41) is 2.71. The fourth-order valence-electron chi connectivity index (χ4n) is 1.50. The van der Waals surface area contributed by atoms with E-state index in [1.54, 1.807) is 12.3 Å². The summed E-state index contributed by atoms with van der Waals surface area (Å²) in [6.45, 7) is 2.36. The molecule has 2 aromatic rings.